The molecule has 136 valence electrons. The number of sulfone groups is 1. The molecule has 0 N–H and O–H groups in total. The van der Waals surface area contributed by atoms with Crippen LogP contribution in [-0.4, -0.2) is 42.3 Å². The number of anilines is 1. The Morgan fingerprint density at radius 3 is 2.56 bits per heavy atom. The second kappa shape index (κ2) is 6.76. The monoisotopic (exact) mass is 380 g/mol. The van der Waals surface area contributed by atoms with E-state index >= 15 is 0 Å². The van der Waals surface area contributed by atoms with Crippen LogP contribution < -0.4 is 4.90 Å². The summed E-state index contributed by atoms with van der Waals surface area (Å²) in [6.07, 6.45) is 0.741. The van der Waals surface area contributed by atoms with Gasteiger partial charge in [0.25, 0.3) is 5.91 Å². The molecule has 7 heteroatoms. The molecule has 25 heavy (non-hydrogen) atoms. The Balaban J connectivity index is 2.07. The Morgan fingerprint density at radius 1 is 1.32 bits per heavy atom. The average Bonchev–Trinajstić information content (AvgIpc) is 2.98. The van der Waals surface area contributed by atoms with Gasteiger partial charge >= 0.3 is 0 Å². The summed E-state index contributed by atoms with van der Waals surface area (Å²) in [6, 6.07) is 5.86. The van der Waals surface area contributed by atoms with Crippen molar-refractivity contribution >= 4 is 38.4 Å². The van der Waals surface area contributed by atoms with Gasteiger partial charge in [-0.25, -0.2) is 8.42 Å². The van der Waals surface area contributed by atoms with Crippen molar-refractivity contribution in [1.82, 2.24) is 0 Å². The lowest BCUT2D eigenvalue weighted by molar-refractivity contribution is -0.121. The lowest BCUT2D eigenvalue weighted by Crippen LogP contribution is -2.38. The van der Waals surface area contributed by atoms with E-state index in [0.29, 0.717) is 5.17 Å². The van der Waals surface area contributed by atoms with Crippen LogP contribution in [0, 0.1) is 19.8 Å². The van der Waals surface area contributed by atoms with Gasteiger partial charge in [0, 0.05) is 16.9 Å². The summed E-state index contributed by atoms with van der Waals surface area (Å²) in [5.74, 6) is 0.0103. The van der Waals surface area contributed by atoms with E-state index < -0.39 is 9.84 Å². The summed E-state index contributed by atoms with van der Waals surface area (Å²) in [5.41, 5.74) is 3.11. The first-order valence-corrected chi connectivity index (χ1v) is 11.3. The number of aryl methyl sites for hydroxylation is 2. The first kappa shape index (κ1) is 18.5. The van der Waals surface area contributed by atoms with E-state index in [0.717, 1.165) is 23.2 Å². The summed E-state index contributed by atoms with van der Waals surface area (Å²) in [7, 11) is -3.05. The van der Waals surface area contributed by atoms with Gasteiger partial charge in [-0.1, -0.05) is 43.8 Å². The highest BCUT2D eigenvalue weighted by molar-refractivity contribution is 8.16. The fraction of sp³-hybridized carbons (Fsp3) is 0.556. The van der Waals surface area contributed by atoms with Gasteiger partial charge in [0.05, 0.1) is 17.5 Å². The SMILES string of the molecule is CC[C@H](C)C(=O)N=C1S[C@H]2CS(=O)(=O)C[C@@H]2N1c1c(C)cccc1C. The molecule has 2 heterocycles. The minimum absolute atomic E-state index is 0.0625. The number of carbonyl (C=O) groups is 1. The van der Waals surface area contributed by atoms with Gasteiger partial charge in [-0.2, -0.15) is 4.99 Å². The van der Waals surface area contributed by atoms with Gasteiger partial charge in [0.2, 0.25) is 0 Å². The Morgan fingerprint density at radius 2 is 1.96 bits per heavy atom. The van der Waals surface area contributed by atoms with Gasteiger partial charge in [-0.3, -0.25) is 4.79 Å². The number of rotatable bonds is 3. The van der Waals surface area contributed by atoms with Gasteiger partial charge in [-0.05, 0) is 31.4 Å². The van der Waals surface area contributed by atoms with Gasteiger partial charge in [0.1, 0.15) is 0 Å². The van der Waals surface area contributed by atoms with E-state index in [1.807, 2.05) is 50.8 Å². The van der Waals surface area contributed by atoms with Crippen LogP contribution >= 0.6 is 11.8 Å². The van der Waals surface area contributed by atoms with E-state index in [4.69, 9.17) is 0 Å². The molecule has 0 spiro atoms. The summed E-state index contributed by atoms with van der Waals surface area (Å²) in [4.78, 5) is 18.8. The van der Waals surface area contributed by atoms with Crippen molar-refractivity contribution in [3.05, 3.63) is 29.3 Å². The van der Waals surface area contributed by atoms with Crippen LogP contribution in [0.1, 0.15) is 31.4 Å². The van der Waals surface area contributed by atoms with Gasteiger partial charge < -0.3 is 4.90 Å². The summed E-state index contributed by atoms with van der Waals surface area (Å²) in [6.45, 7) is 7.87. The minimum Gasteiger partial charge on any atom is -0.315 e. The molecule has 3 atom stereocenters. The lowest BCUT2D eigenvalue weighted by Gasteiger charge is -2.28. The Hall–Kier alpha value is -1.34. The smallest absolute Gasteiger partial charge is 0.250 e. The van der Waals surface area contributed by atoms with Crippen molar-refractivity contribution in [2.75, 3.05) is 16.4 Å². The van der Waals surface area contributed by atoms with Crippen LogP contribution in [0.4, 0.5) is 5.69 Å². The molecule has 0 bridgehead atoms. The molecule has 2 saturated heterocycles. The van der Waals surface area contributed by atoms with Crippen molar-refractivity contribution in [2.45, 2.75) is 45.4 Å². The third kappa shape index (κ3) is 3.49. The normalized spacial score (nSPS) is 27.5. The number of amidine groups is 1. The number of para-hydroxylation sites is 1. The molecule has 2 aliphatic rings. The predicted molar refractivity (Wildman–Crippen MR) is 104 cm³/mol. The summed E-state index contributed by atoms with van der Waals surface area (Å²) >= 11 is 1.44. The molecule has 1 aromatic carbocycles. The maximum Gasteiger partial charge on any atom is 0.250 e. The number of hydrogen-bond acceptors (Lipinski definition) is 4. The fourth-order valence-corrected chi connectivity index (χ4v) is 7.30. The highest BCUT2D eigenvalue weighted by Gasteiger charge is 2.50. The van der Waals surface area contributed by atoms with E-state index in [2.05, 4.69) is 4.99 Å². The third-order valence-corrected chi connectivity index (χ3v) is 8.20. The number of carbonyl (C=O) groups excluding carboxylic acids is 1. The van der Waals surface area contributed by atoms with Crippen molar-refractivity contribution in [3.8, 4) is 0 Å². The molecular weight excluding hydrogens is 356 g/mol. The number of nitrogens with zero attached hydrogens (tertiary/aromatic N) is 2. The second-order valence-electron chi connectivity index (χ2n) is 6.95. The summed E-state index contributed by atoms with van der Waals surface area (Å²) < 4.78 is 24.3. The molecule has 0 saturated carbocycles. The molecule has 0 aliphatic carbocycles. The van der Waals surface area contributed by atoms with E-state index in [1.54, 1.807) is 0 Å². The Bertz CT molecular complexity index is 812. The number of benzene rings is 1. The van der Waals surface area contributed by atoms with Crippen LogP contribution in [0.25, 0.3) is 0 Å². The number of hydrogen-bond donors (Lipinski definition) is 0. The Kier molecular flexibility index (Phi) is 4.99. The zero-order valence-corrected chi connectivity index (χ0v) is 16.7. The van der Waals surface area contributed by atoms with Crippen LogP contribution in [0.5, 0.6) is 0 Å². The van der Waals surface area contributed by atoms with E-state index in [9.17, 15) is 13.2 Å². The van der Waals surface area contributed by atoms with E-state index in [1.165, 1.54) is 11.8 Å². The van der Waals surface area contributed by atoms with Crippen molar-refractivity contribution in [1.29, 1.82) is 0 Å². The number of aliphatic imine (C=N–C) groups is 1. The zero-order valence-electron chi connectivity index (χ0n) is 15.0. The Labute approximate surface area is 153 Å². The zero-order chi connectivity index (χ0) is 18.4. The van der Waals surface area contributed by atoms with Crippen LogP contribution in [0.3, 0.4) is 0 Å². The second-order valence-corrected chi connectivity index (χ2v) is 10.3. The van der Waals surface area contributed by atoms with Crippen LogP contribution in [0.2, 0.25) is 0 Å². The predicted octanol–water partition coefficient (Wildman–Crippen LogP) is 2.95. The molecule has 5 nitrogen and oxygen atoms in total. The third-order valence-electron chi connectivity index (χ3n) is 4.99. The fourth-order valence-electron chi connectivity index (χ4n) is 3.39. The molecule has 3 rings (SSSR count). The van der Waals surface area contributed by atoms with Crippen LogP contribution in [0.15, 0.2) is 23.2 Å². The quantitative estimate of drug-likeness (QED) is 0.806. The number of amides is 1. The molecule has 0 radical (unpaired) electrons. The molecule has 0 unspecified atom stereocenters. The number of fused-ring (bicyclic) bond motifs is 1. The van der Waals surface area contributed by atoms with Crippen molar-refractivity contribution in [2.24, 2.45) is 10.9 Å². The standard InChI is InChI=1S/C18H24N2O3S2/c1-5-11(2)17(21)19-18-20(16-12(3)7-6-8-13(16)4)14-9-25(22,23)10-15(14)24-18/h6-8,11,14-15H,5,9-10H2,1-4H3/t11-,14-,15-/m0/s1. The highest BCUT2D eigenvalue weighted by atomic mass is 32.2. The first-order chi connectivity index (χ1) is 11.7. The molecule has 2 fully saturated rings. The molecule has 1 amide bonds. The van der Waals surface area contributed by atoms with Gasteiger partial charge in [-0.15, -0.1) is 0 Å². The van der Waals surface area contributed by atoms with Gasteiger partial charge in [0.15, 0.2) is 15.0 Å². The van der Waals surface area contributed by atoms with Crippen LogP contribution in [-0.2, 0) is 14.6 Å². The van der Waals surface area contributed by atoms with Crippen molar-refractivity contribution < 1.29 is 13.2 Å². The molecule has 1 aromatic rings. The molecule has 0 aromatic heterocycles. The molecular formula is C18H24N2O3S2. The number of thioether (sulfide) groups is 1. The lowest BCUT2D eigenvalue weighted by atomic mass is 10.1. The highest BCUT2D eigenvalue weighted by Crippen LogP contribution is 2.43. The average molecular weight is 381 g/mol. The first-order valence-electron chi connectivity index (χ1n) is 8.58. The maximum atomic E-state index is 12.4. The largest absolute Gasteiger partial charge is 0.315 e. The molecule has 2 aliphatic heterocycles. The van der Waals surface area contributed by atoms with E-state index in [-0.39, 0.29) is 34.6 Å². The minimum atomic E-state index is -3.05. The van der Waals surface area contributed by atoms with Crippen molar-refractivity contribution in [3.63, 3.8) is 0 Å². The topological polar surface area (TPSA) is 66.8 Å². The maximum absolute atomic E-state index is 12.4. The summed E-state index contributed by atoms with van der Waals surface area (Å²) in [5, 5.41) is 0.583.